The van der Waals surface area contributed by atoms with Crippen LogP contribution < -0.4 is 4.72 Å². The number of carbonyl (C=O) groups is 1. The summed E-state index contributed by atoms with van der Waals surface area (Å²) >= 11 is 0. The Bertz CT molecular complexity index is 592. The zero-order chi connectivity index (χ0) is 13.9. The number of nitrogens with one attached hydrogen (secondary N) is 1. The molecule has 1 aliphatic heterocycles. The van der Waals surface area contributed by atoms with Crippen LogP contribution in [0.1, 0.15) is 16.8 Å². The topological polar surface area (TPSA) is 66.5 Å². The maximum atomic E-state index is 12.0. The van der Waals surface area contributed by atoms with Crippen LogP contribution in [0, 0.1) is 0 Å². The first kappa shape index (κ1) is 13.8. The standard InChI is InChI=1S/C13H16N2O3S/c1-2-7-14-19(17,18)12-6-3-5-11(10-12)13(16)15-8-4-9-15/h2-3,5-6,10,14H,1,4,7-9H2. The van der Waals surface area contributed by atoms with Crippen molar-refractivity contribution in [3.63, 3.8) is 0 Å². The van der Waals surface area contributed by atoms with Gasteiger partial charge in [-0.3, -0.25) is 4.79 Å². The van der Waals surface area contributed by atoms with Gasteiger partial charge < -0.3 is 4.90 Å². The summed E-state index contributed by atoms with van der Waals surface area (Å²) in [5.41, 5.74) is 0.404. The molecule has 0 unspecified atom stereocenters. The van der Waals surface area contributed by atoms with E-state index < -0.39 is 10.0 Å². The lowest BCUT2D eigenvalue weighted by Crippen LogP contribution is -2.42. The number of amides is 1. The van der Waals surface area contributed by atoms with Crippen LogP contribution in [-0.4, -0.2) is 38.9 Å². The van der Waals surface area contributed by atoms with Crippen LogP contribution in [-0.2, 0) is 10.0 Å². The highest BCUT2D eigenvalue weighted by Crippen LogP contribution is 2.16. The van der Waals surface area contributed by atoms with Crippen molar-refractivity contribution in [2.75, 3.05) is 19.6 Å². The van der Waals surface area contributed by atoms with Gasteiger partial charge in [-0.05, 0) is 24.6 Å². The summed E-state index contributed by atoms with van der Waals surface area (Å²) in [7, 11) is -3.58. The van der Waals surface area contributed by atoms with E-state index in [1.807, 2.05) is 0 Å². The second-order valence-corrected chi connectivity index (χ2v) is 6.08. The fourth-order valence-electron chi connectivity index (χ4n) is 1.75. The Balaban J connectivity index is 2.23. The normalized spacial score (nSPS) is 14.8. The van der Waals surface area contributed by atoms with Crippen LogP contribution >= 0.6 is 0 Å². The minimum atomic E-state index is -3.58. The van der Waals surface area contributed by atoms with Crippen LogP contribution in [0.2, 0.25) is 0 Å². The largest absolute Gasteiger partial charge is 0.339 e. The van der Waals surface area contributed by atoms with Crippen molar-refractivity contribution in [1.82, 2.24) is 9.62 Å². The molecule has 1 aromatic rings. The lowest BCUT2D eigenvalue weighted by atomic mass is 10.1. The predicted octanol–water partition coefficient (Wildman–Crippen LogP) is 0.997. The fourth-order valence-corrected chi connectivity index (χ4v) is 2.79. The maximum absolute atomic E-state index is 12.0. The summed E-state index contributed by atoms with van der Waals surface area (Å²) in [6.45, 7) is 5.10. The van der Waals surface area contributed by atoms with E-state index in [0.29, 0.717) is 5.56 Å². The molecule has 1 aliphatic rings. The third-order valence-electron chi connectivity index (χ3n) is 2.95. The van der Waals surface area contributed by atoms with Gasteiger partial charge in [0, 0.05) is 25.2 Å². The molecule has 19 heavy (non-hydrogen) atoms. The highest BCUT2D eigenvalue weighted by atomic mass is 32.2. The van der Waals surface area contributed by atoms with Gasteiger partial charge in [0.05, 0.1) is 4.90 Å². The van der Waals surface area contributed by atoms with E-state index in [1.54, 1.807) is 17.0 Å². The molecule has 102 valence electrons. The molecule has 1 amide bonds. The van der Waals surface area contributed by atoms with Crippen molar-refractivity contribution in [3.8, 4) is 0 Å². The highest BCUT2D eigenvalue weighted by Gasteiger charge is 2.23. The molecule has 0 aliphatic carbocycles. The molecule has 6 heteroatoms. The van der Waals surface area contributed by atoms with Crippen LogP contribution in [0.5, 0.6) is 0 Å². The lowest BCUT2D eigenvalue weighted by molar-refractivity contribution is 0.0651. The molecule has 1 aromatic carbocycles. The van der Waals surface area contributed by atoms with Crippen molar-refractivity contribution in [1.29, 1.82) is 0 Å². The van der Waals surface area contributed by atoms with Gasteiger partial charge in [0.1, 0.15) is 0 Å². The lowest BCUT2D eigenvalue weighted by Gasteiger charge is -2.30. The Morgan fingerprint density at radius 3 is 2.74 bits per heavy atom. The van der Waals surface area contributed by atoms with Crippen LogP contribution in [0.25, 0.3) is 0 Å². The van der Waals surface area contributed by atoms with Gasteiger partial charge in [0.15, 0.2) is 0 Å². The molecule has 0 saturated carbocycles. The van der Waals surface area contributed by atoms with Crippen molar-refractivity contribution in [2.24, 2.45) is 0 Å². The zero-order valence-corrected chi connectivity index (χ0v) is 11.3. The van der Waals surface area contributed by atoms with E-state index in [0.717, 1.165) is 19.5 Å². The van der Waals surface area contributed by atoms with E-state index in [2.05, 4.69) is 11.3 Å². The minimum absolute atomic E-state index is 0.0979. The van der Waals surface area contributed by atoms with Crippen molar-refractivity contribution in [3.05, 3.63) is 42.5 Å². The molecule has 0 bridgehead atoms. The van der Waals surface area contributed by atoms with Gasteiger partial charge in [-0.15, -0.1) is 6.58 Å². The molecule has 0 atom stereocenters. The summed E-state index contributed by atoms with van der Waals surface area (Å²) in [5, 5.41) is 0. The number of rotatable bonds is 5. The molecule has 1 heterocycles. The molecule has 2 rings (SSSR count). The van der Waals surface area contributed by atoms with Crippen molar-refractivity contribution >= 4 is 15.9 Å². The maximum Gasteiger partial charge on any atom is 0.253 e. The molecule has 0 spiro atoms. The summed E-state index contributed by atoms with van der Waals surface area (Å²) < 4.78 is 26.2. The quantitative estimate of drug-likeness (QED) is 0.818. The molecular weight excluding hydrogens is 264 g/mol. The highest BCUT2D eigenvalue weighted by molar-refractivity contribution is 7.89. The molecule has 1 saturated heterocycles. The first-order valence-electron chi connectivity index (χ1n) is 6.04. The SMILES string of the molecule is C=CCNS(=O)(=O)c1cccc(C(=O)N2CCC2)c1. The number of nitrogens with zero attached hydrogens (tertiary/aromatic N) is 1. The molecule has 5 nitrogen and oxygen atoms in total. The van der Waals surface area contributed by atoms with Crippen molar-refractivity contribution in [2.45, 2.75) is 11.3 Å². The predicted molar refractivity (Wildman–Crippen MR) is 72.3 cm³/mol. The first-order chi connectivity index (χ1) is 9.04. The summed E-state index contributed by atoms with van der Waals surface area (Å²) in [4.78, 5) is 13.8. The summed E-state index contributed by atoms with van der Waals surface area (Å²) in [6, 6.07) is 6.09. The molecule has 1 fully saturated rings. The van der Waals surface area contributed by atoms with E-state index >= 15 is 0 Å². The van der Waals surface area contributed by atoms with Crippen molar-refractivity contribution < 1.29 is 13.2 Å². The van der Waals surface area contributed by atoms with Gasteiger partial charge >= 0.3 is 0 Å². The number of sulfonamides is 1. The summed E-state index contributed by atoms with van der Waals surface area (Å²) in [5.74, 6) is -0.118. The Morgan fingerprint density at radius 1 is 1.42 bits per heavy atom. The van der Waals surface area contributed by atoms with Gasteiger partial charge in [0.2, 0.25) is 10.0 Å². The van der Waals surface area contributed by atoms with Crippen LogP contribution in [0.15, 0.2) is 41.8 Å². The Kier molecular flexibility index (Phi) is 4.01. The van der Waals surface area contributed by atoms with Gasteiger partial charge in [0.25, 0.3) is 5.91 Å². The van der Waals surface area contributed by atoms with Crippen LogP contribution in [0.3, 0.4) is 0 Å². The number of carbonyl (C=O) groups excluding carboxylic acids is 1. The molecule has 0 radical (unpaired) electrons. The zero-order valence-electron chi connectivity index (χ0n) is 10.5. The third kappa shape index (κ3) is 3.02. The third-order valence-corrected chi connectivity index (χ3v) is 4.37. The summed E-state index contributed by atoms with van der Waals surface area (Å²) in [6.07, 6.45) is 2.47. The fraction of sp³-hybridized carbons (Fsp3) is 0.308. The Hall–Kier alpha value is -1.66. The molecule has 1 N–H and O–H groups in total. The molecule has 0 aromatic heterocycles. The van der Waals surface area contributed by atoms with E-state index in [9.17, 15) is 13.2 Å². The Morgan fingerprint density at radius 2 is 2.16 bits per heavy atom. The smallest absolute Gasteiger partial charge is 0.253 e. The van der Waals surface area contributed by atoms with Crippen LogP contribution in [0.4, 0.5) is 0 Å². The van der Waals surface area contributed by atoms with E-state index in [-0.39, 0.29) is 17.3 Å². The number of hydrogen-bond acceptors (Lipinski definition) is 3. The molecular formula is C13H16N2O3S. The second kappa shape index (κ2) is 5.54. The van der Waals surface area contributed by atoms with E-state index in [1.165, 1.54) is 18.2 Å². The number of benzene rings is 1. The van der Waals surface area contributed by atoms with Gasteiger partial charge in [-0.1, -0.05) is 12.1 Å². The monoisotopic (exact) mass is 280 g/mol. The average molecular weight is 280 g/mol. The minimum Gasteiger partial charge on any atom is -0.339 e. The van der Waals surface area contributed by atoms with E-state index in [4.69, 9.17) is 0 Å². The second-order valence-electron chi connectivity index (χ2n) is 4.31. The Labute approximate surface area is 113 Å². The van der Waals surface area contributed by atoms with Gasteiger partial charge in [-0.2, -0.15) is 0 Å². The number of hydrogen-bond donors (Lipinski definition) is 1. The van der Waals surface area contributed by atoms with Gasteiger partial charge in [-0.25, -0.2) is 13.1 Å². The average Bonchev–Trinajstić information content (AvgIpc) is 2.34. The number of likely N-dealkylation sites (tertiary alicyclic amines) is 1. The first-order valence-corrected chi connectivity index (χ1v) is 7.53.